The van der Waals surface area contributed by atoms with E-state index in [1.165, 1.54) is 31.0 Å². The molecular weight excluding hydrogens is 344 g/mol. The topological polar surface area (TPSA) is 49.3 Å². The molecule has 2 fully saturated rings. The van der Waals surface area contributed by atoms with Crippen LogP contribution < -0.4 is 4.90 Å². The summed E-state index contributed by atoms with van der Waals surface area (Å²) in [6.07, 6.45) is 5.81. The molecule has 24 heavy (non-hydrogen) atoms. The highest BCUT2D eigenvalue weighted by Crippen LogP contribution is 2.26. The SMILES string of the molecule is CC1CCN(c2cc(Cl)nc(SCC(=O)N3CCCCC3)n2)CC1. The predicted molar refractivity (Wildman–Crippen MR) is 98.8 cm³/mol. The number of hydrogen-bond donors (Lipinski definition) is 0. The number of carbonyl (C=O) groups is 1. The minimum Gasteiger partial charge on any atom is -0.356 e. The van der Waals surface area contributed by atoms with Crippen LogP contribution in [0.5, 0.6) is 0 Å². The van der Waals surface area contributed by atoms with Gasteiger partial charge in [-0.25, -0.2) is 9.97 Å². The zero-order chi connectivity index (χ0) is 16.9. The van der Waals surface area contributed by atoms with Crippen molar-refractivity contribution in [1.29, 1.82) is 0 Å². The molecule has 1 aromatic rings. The number of hydrogen-bond acceptors (Lipinski definition) is 5. The maximum Gasteiger partial charge on any atom is 0.233 e. The third-order valence-electron chi connectivity index (χ3n) is 4.80. The third-order valence-corrected chi connectivity index (χ3v) is 5.83. The van der Waals surface area contributed by atoms with Crippen molar-refractivity contribution in [2.75, 3.05) is 36.8 Å². The minimum absolute atomic E-state index is 0.177. The number of halogens is 1. The van der Waals surface area contributed by atoms with Crippen LogP contribution in [0.1, 0.15) is 39.0 Å². The van der Waals surface area contributed by atoms with Crippen molar-refractivity contribution in [2.45, 2.75) is 44.2 Å². The molecule has 2 aliphatic heterocycles. The van der Waals surface area contributed by atoms with Crippen molar-refractivity contribution in [3.63, 3.8) is 0 Å². The van der Waals surface area contributed by atoms with Crippen LogP contribution in [0, 0.1) is 5.92 Å². The van der Waals surface area contributed by atoms with Gasteiger partial charge in [0.25, 0.3) is 0 Å². The Kier molecular flexibility index (Phi) is 6.22. The zero-order valence-corrected chi connectivity index (χ0v) is 15.8. The van der Waals surface area contributed by atoms with Gasteiger partial charge in [-0.05, 0) is 38.0 Å². The van der Waals surface area contributed by atoms with Crippen LogP contribution in [-0.2, 0) is 4.79 Å². The molecule has 0 N–H and O–H groups in total. The molecule has 2 aliphatic rings. The van der Waals surface area contributed by atoms with Crippen molar-refractivity contribution >= 4 is 35.1 Å². The third kappa shape index (κ3) is 4.76. The van der Waals surface area contributed by atoms with Crippen LogP contribution in [0.15, 0.2) is 11.2 Å². The summed E-state index contributed by atoms with van der Waals surface area (Å²) < 4.78 is 0. The van der Waals surface area contributed by atoms with E-state index in [-0.39, 0.29) is 5.91 Å². The van der Waals surface area contributed by atoms with Crippen LogP contribution in [0.3, 0.4) is 0 Å². The normalized spacial score (nSPS) is 19.6. The first kappa shape index (κ1) is 17.8. The number of likely N-dealkylation sites (tertiary alicyclic amines) is 1. The molecule has 0 radical (unpaired) electrons. The number of anilines is 1. The maximum absolute atomic E-state index is 12.3. The van der Waals surface area contributed by atoms with Crippen molar-refractivity contribution in [3.8, 4) is 0 Å². The summed E-state index contributed by atoms with van der Waals surface area (Å²) in [5.74, 6) is 2.22. The van der Waals surface area contributed by atoms with E-state index in [0.717, 1.165) is 50.8 Å². The van der Waals surface area contributed by atoms with Crippen LogP contribution in [0.25, 0.3) is 0 Å². The Morgan fingerprint density at radius 1 is 1.21 bits per heavy atom. The molecule has 1 aromatic heterocycles. The first-order valence-corrected chi connectivity index (χ1v) is 10.2. The molecule has 0 aliphatic carbocycles. The van der Waals surface area contributed by atoms with E-state index >= 15 is 0 Å². The number of aromatic nitrogens is 2. The summed E-state index contributed by atoms with van der Waals surface area (Å²) in [5, 5.41) is 1.05. The monoisotopic (exact) mass is 368 g/mol. The summed E-state index contributed by atoms with van der Waals surface area (Å²) in [5.41, 5.74) is 0. The Bertz CT molecular complexity index is 572. The number of rotatable bonds is 4. The van der Waals surface area contributed by atoms with Gasteiger partial charge in [0.2, 0.25) is 5.91 Å². The molecule has 3 heterocycles. The van der Waals surface area contributed by atoms with Crippen LogP contribution in [0.4, 0.5) is 5.82 Å². The fourth-order valence-corrected chi connectivity index (χ4v) is 4.19. The van der Waals surface area contributed by atoms with Gasteiger partial charge in [-0.15, -0.1) is 0 Å². The Morgan fingerprint density at radius 2 is 1.92 bits per heavy atom. The van der Waals surface area contributed by atoms with Gasteiger partial charge in [-0.3, -0.25) is 4.79 Å². The molecule has 3 rings (SSSR count). The predicted octanol–water partition coefficient (Wildman–Crippen LogP) is 3.47. The fourth-order valence-electron chi connectivity index (χ4n) is 3.21. The lowest BCUT2D eigenvalue weighted by Gasteiger charge is -2.31. The highest BCUT2D eigenvalue weighted by atomic mass is 35.5. The summed E-state index contributed by atoms with van der Waals surface area (Å²) >= 11 is 7.57. The van der Waals surface area contributed by atoms with Crippen LogP contribution >= 0.6 is 23.4 Å². The second-order valence-electron chi connectivity index (χ2n) is 6.73. The van der Waals surface area contributed by atoms with Crippen molar-refractivity contribution in [1.82, 2.24) is 14.9 Å². The van der Waals surface area contributed by atoms with Crippen LogP contribution in [-0.4, -0.2) is 52.7 Å². The van der Waals surface area contributed by atoms with Gasteiger partial charge in [0.15, 0.2) is 5.16 Å². The van der Waals surface area contributed by atoms with Gasteiger partial charge in [0.1, 0.15) is 11.0 Å². The fraction of sp³-hybridized carbons (Fsp3) is 0.706. The highest BCUT2D eigenvalue weighted by molar-refractivity contribution is 7.99. The molecule has 2 saturated heterocycles. The largest absolute Gasteiger partial charge is 0.356 e. The lowest BCUT2D eigenvalue weighted by atomic mass is 9.99. The Morgan fingerprint density at radius 3 is 2.62 bits per heavy atom. The van der Waals surface area contributed by atoms with E-state index in [0.29, 0.717) is 16.1 Å². The molecule has 0 unspecified atom stereocenters. The van der Waals surface area contributed by atoms with E-state index in [2.05, 4.69) is 21.8 Å². The molecule has 7 heteroatoms. The summed E-state index contributed by atoms with van der Waals surface area (Å²) in [6, 6.07) is 1.83. The molecule has 132 valence electrons. The number of carbonyl (C=O) groups excluding carboxylic acids is 1. The van der Waals surface area contributed by atoms with Gasteiger partial charge in [0, 0.05) is 32.2 Å². The van der Waals surface area contributed by atoms with Gasteiger partial charge in [-0.2, -0.15) is 0 Å². The van der Waals surface area contributed by atoms with Gasteiger partial charge >= 0.3 is 0 Å². The lowest BCUT2D eigenvalue weighted by Crippen LogP contribution is -2.36. The molecule has 1 amide bonds. The summed E-state index contributed by atoms with van der Waals surface area (Å²) in [4.78, 5) is 25.4. The van der Waals surface area contributed by atoms with Crippen molar-refractivity contribution in [2.24, 2.45) is 5.92 Å². The number of nitrogens with zero attached hydrogens (tertiary/aromatic N) is 4. The number of amides is 1. The second kappa shape index (κ2) is 8.39. The minimum atomic E-state index is 0.177. The quantitative estimate of drug-likeness (QED) is 0.462. The van der Waals surface area contributed by atoms with Crippen LogP contribution in [0.2, 0.25) is 5.15 Å². The molecule has 0 saturated carbocycles. The Balaban J connectivity index is 1.60. The number of piperidine rings is 2. The standard InChI is InChI=1S/C17H25ClN4OS/c1-13-5-9-21(10-6-13)15-11-14(18)19-17(20-15)24-12-16(23)22-7-3-2-4-8-22/h11,13H,2-10,12H2,1H3. The summed E-state index contributed by atoms with van der Waals surface area (Å²) in [7, 11) is 0. The smallest absolute Gasteiger partial charge is 0.233 e. The zero-order valence-electron chi connectivity index (χ0n) is 14.2. The highest BCUT2D eigenvalue weighted by Gasteiger charge is 2.20. The lowest BCUT2D eigenvalue weighted by molar-refractivity contribution is -0.129. The average molecular weight is 369 g/mol. The van der Waals surface area contributed by atoms with Crippen molar-refractivity contribution < 1.29 is 4.79 Å². The molecule has 0 atom stereocenters. The average Bonchev–Trinajstić information content (AvgIpc) is 2.60. The molecule has 0 spiro atoms. The first-order chi connectivity index (χ1) is 11.6. The first-order valence-electron chi connectivity index (χ1n) is 8.82. The van der Waals surface area contributed by atoms with E-state index in [9.17, 15) is 4.79 Å². The van der Waals surface area contributed by atoms with E-state index < -0.39 is 0 Å². The maximum atomic E-state index is 12.3. The van der Waals surface area contributed by atoms with Gasteiger partial charge in [-0.1, -0.05) is 30.3 Å². The Labute approximate surface area is 153 Å². The number of thioether (sulfide) groups is 1. The van der Waals surface area contributed by atoms with E-state index in [4.69, 9.17) is 11.6 Å². The summed E-state index contributed by atoms with van der Waals surface area (Å²) in [6.45, 7) is 6.06. The van der Waals surface area contributed by atoms with Gasteiger partial charge < -0.3 is 9.80 Å². The van der Waals surface area contributed by atoms with Gasteiger partial charge in [0.05, 0.1) is 5.75 Å². The van der Waals surface area contributed by atoms with E-state index in [1.807, 2.05) is 11.0 Å². The Hall–Kier alpha value is -1.01. The van der Waals surface area contributed by atoms with Crippen molar-refractivity contribution in [3.05, 3.63) is 11.2 Å². The molecule has 5 nitrogen and oxygen atoms in total. The molecule has 0 bridgehead atoms. The molecule has 0 aromatic carbocycles. The second-order valence-corrected chi connectivity index (χ2v) is 8.06. The molecular formula is C17H25ClN4OS. The van der Waals surface area contributed by atoms with E-state index in [1.54, 1.807) is 0 Å².